The van der Waals surface area contributed by atoms with Crippen LogP contribution in [-0.4, -0.2) is 81.6 Å². The number of rotatable bonds is 10. The number of carbonyl (C=O) groups is 2. The van der Waals surface area contributed by atoms with Crippen molar-refractivity contribution in [2.24, 2.45) is 0 Å². The Morgan fingerprint density at radius 1 is 1.17 bits per heavy atom. The summed E-state index contributed by atoms with van der Waals surface area (Å²) in [7, 11) is 0. The van der Waals surface area contributed by atoms with E-state index in [0.717, 1.165) is 62.4 Å². The Balaban J connectivity index is 1.07. The van der Waals surface area contributed by atoms with Crippen molar-refractivity contribution in [2.45, 2.75) is 58.4 Å². The number of aliphatic hydroxyl groups excluding tert-OH is 1. The summed E-state index contributed by atoms with van der Waals surface area (Å²) in [6.07, 6.45) is 8.12. The van der Waals surface area contributed by atoms with Gasteiger partial charge in [-0.3, -0.25) is 19.5 Å². The number of β-amino-alcohol motifs (C(OH)–C–C–N with tert-alkyl or cyclic N) is 1. The van der Waals surface area contributed by atoms with Crippen molar-refractivity contribution in [3.63, 3.8) is 0 Å². The van der Waals surface area contributed by atoms with Crippen LogP contribution in [0, 0.1) is 6.92 Å². The summed E-state index contributed by atoms with van der Waals surface area (Å²) in [5.74, 6) is 1.34. The average molecular weight is 563 g/mol. The van der Waals surface area contributed by atoms with E-state index in [9.17, 15) is 14.7 Å². The van der Waals surface area contributed by atoms with Gasteiger partial charge < -0.3 is 29.8 Å². The third-order valence-corrected chi connectivity index (χ3v) is 7.85. The molecule has 2 aliphatic rings. The number of oxazole rings is 1. The van der Waals surface area contributed by atoms with E-state index >= 15 is 0 Å². The zero-order valence-corrected chi connectivity index (χ0v) is 23.6. The van der Waals surface area contributed by atoms with E-state index in [1.54, 1.807) is 25.4 Å². The normalized spacial score (nSPS) is 16.6. The van der Waals surface area contributed by atoms with Crippen molar-refractivity contribution in [3.8, 4) is 5.75 Å². The van der Waals surface area contributed by atoms with Gasteiger partial charge >= 0.3 is 0 Å². The van der Waals surface area contributed by atoms with Crippen molar-refractivity contribution < 1.29 is 23.8 Å². The third-order valence-electron chi connectivity index (χ3n) is 7.85. The summed E-state index contributed by atoms with van der Waals surface area (Å²) in [4.78, 5) is 36.5. The third kappa shape index (κ3) is 7.42. The molecule has 2 aliphatic heterocycles. The molecule has 1 fully saturated rings. The lowest BCUT2D eigenvalue weighted by Crippen LogP contribution is -2.42. The molecule has 5 rings (SSSR count). The van der Waals surface area contributed by atoms with Crippen LogP contribution >= 0.6 is 0 Å². The Labute approximate surface area is 239 Å². The zero-order valence-electron chi connectivity index (χ0n) is 23.6. The molecule has 2 aromatic heterocycles. The molecule has 0 radical (unpaired) electrons. The van der Waals surface area contributed by atoms with Crippen molar-refractivity contribution >= 4 is 17.5 Å². The van der Waals surface area contributed by atoms with Gasteiger partial charge in [-0.05, 0) is 55.0 Å². The Bertz CT molecular complexity index is 1340. The molecule has 0 bridgehead atoms. The number of fused-ring (bicyclic) bond motifs is 1. The number of anilines is 1. The van der Waals surface area contributed by atoms with Crippen LogP contribution < -0.4 is 15.4 Å². The van der Waals surface area contributed by atoms with E-state index in [1.807, 2.05) is 11.0 Å². The number of pyridine rings is 1. The lowest BCUT2D eigenvalue weighted by molar-refractivity contribution is -0.129. The summed E-state index contributed by atoms with van der Waals surface area (Å²) in [5.41, 5.74) is 4.84. The van der Waals surface area contributed by atoms with Crippen molar-refractivity contribution in [2.75, 3.05) is 38.0 Å². The second kappa shape index (κ2) is 13.1. The molecule has 218 valence electrons. The minimum atomic E-state index is -0.702. The molecular formula is C30H38N6O5. The summed E-state index contributed by atoms with van der Waals surface area (Å²) < 4.78 is 11.2. The van der Waals surface area contributed by atoms with Gasteiger partial charge in [-0.15, -0.1) is 0 Å². The molecule has 0 saturated carbocycles. The van der Waals surface area contributed by atoms with Crippen molar-refractivity contribution in [1.29, 1.82) is 0 Å². The Morgan fingerprint density at radius 2 is 2.00 bits per heavy atom. The number of amides is 2. The molecule has 0 aliphatic carbocycles. The van der Waals surface area contributed by atoms with Crippen LogP contribution in [-0.2, 0) is 24.4 Å². The van der Waals surface area contributed by atoms with Gasteiger partial charge in [0.05, 0.1) is 23.6 Å². The predicted molar refractivity (Wildman–Crippen MR) is 152 cm³/mol. The SMILES string of the molecule is CC(=O)N1CCC(Nc2cncc(C(=O)NCC(O)CN3CCc4c(ccc(OCc5cnco5)c4C)C3)c2)CC1. The second-order valence-electron chi connectivity index (χ2n) is 10.8. The van der Waals surface area contributed by atoms with Crippen LogP contribution in [0.1, 0.15) is 52.6 Å². The molecule has 3 N–H and O–H groups in total. The number of hydrogen-bond donors (Lipinski definition) is 3. The van der Waals surface area contributed by atoms with Crippen LogP contribution in [0.25, 0.3) is 0 Å². The molecule has 2 amide bonds. The number of piperidine rings is 1. The van der Waals surface area contributed by atoms with Crippen LogP contribution in [0.3, 0.4) is 0 Å². The molecule has 4 heterocycles. The van der Waals surface area contributed by atoms with Gasteiger partial charge in [-0.25, -0.2) is 4.98 Å². The number of nitrogens with zero attached hydrogens (tertiary/aromatic N) is 4. The first kappa shape index (κ1) is 28.6. The number of ether oxygens (including phenoxy) is 1. The standard InChI is InChI=1S/C30H38N6O5/c1-20-28-7-8-35(16-22(28)3-4-29(20)40-18-27-15-32-19-41-27)17-26(38)14-33-30(39)23-11-25(13-31-12-23)34-24-5-9-36(10-6-24)21(2)37/h3-4,11-13,15,19,24,26,34,38H,5-10,14,16-18H2,1-2H3,(H,33,39). The zero-order chi connectivity index (χ0) is 28.8. The highest BCUT2D eigenvalue weighted by molar-refractivity contribution is 5.94. The predicted octanol–water partition coefficient (Wildman–Crippen LogP) is 2.53. The molecule has 1 atom stereocenters. The first-order chi connectivity index (χ1) is 19.9. The Hall–Kier alpha value is -3.96. The number of nitrogens with one attached hydrogen (secondary N) is 2. The number of benzene rings is 1. The van der Waals surface area contributed by atoms with Crippen LogP contribution in [0.2, 0.25) is 0 Å². The van der Waals surface area contributed by atoms with E-state index in [1.165, 1.54) is 23.7 Å². The first-order valence-electron chi connectivity index (χ1n) is 14.1. The highest BCUT2D eigenvalue weighted by atomic mass is 16.5. The molecule has 1 saturated heterocycles. The van der Waals surface area contributed by atoms with Gasteiger partial charge in [0.1, 0.15) is 12.4 Å². The minimum Gasteiger partial charge on any atom is -0.485 e. The monoisotopic (exact) mass is 562 g/mol. The molecule has 11 heteroatoms. The Morgan fingerprint density at radius 3 is 2.76 bits per heavy atom. The van der Waals surface area contributed by atoms with Gasteiger partial charge in [0.25, 0.3) is 5.91 Å². The quantitative estimate of drug-likeness (QED) is 0.341. The van der Waals surface area contributed by atoms with Crippen molar-refractivity contribution in [3.05, 3.63) is 71.2 Å². The maximum absolute atomic E-state index is 12.8. The van der Waals surface area contributed by atoms with Crippen molar-refractivity contribution in [1.82, 2.24) is 25.1 Å². The molecule has 0 spiro atoms. The number of aromatic nitrogens is 2. The fourth-order valence-corrected chi connectivity index (χ4v) is 5.54. The molecule has 3 aromatic rings. The minimum absolute atomic E-state index is 0.103. The second-order valence-corrected chi connectivity index (χ2v) is 10.8. The lowest BCUT2D eigenvalue weighted by atomic mass is 9.94. The maximum Gasteiger partial charge on any atom is 0.253 e. The number of carbonyl (C=O) groups excluding carboxylic acids is 2. The highest BCUT2D eigenvalue weighted by Crippen LogP contribution is 2.30. The maximum atomic E-state index is 12.8. The van der Waals surface area contributed by atoms with Gasteiger partial charge in [0.2, 0.25) is 5.91 Å². The number of hydrogen-bond acceptors (Lipinski definition) is 9. The fourth-order valence-electron chi connectivity index (χ4n) is 5.54. The summed E-state index contributed by atoms with van der Waals surface area (Å²) in [6, 6.07) is 6.07. The van der Waals surface area contributed by atoms with Crippen LogP contribution in [0.15, 0.2) is 47.6 Å². The van der Waals surface area contributed by atoms with E-state index in [4.69, 9.17) is 9.15 Å². The highest BCUT2D eigenvalue weighted by Gasteiger charge is 2.23. The Kier molecular flexibility index (Phi) is 9.15. The molecule has 11 nitrogen and oxygen atoms in total. The molecule has 1 aromatic carbocycles. The smallest absolute Gasteiger partial charge is 0.253 e. The number of aliphatic hydroxyl groups is 1. The topological polar surface area (TPSA) is 133 Å². The average Bonchev–Trinajstić information content (AvgIpc) is 3.50. The van der Waals surface area contributed by atoms with Gasteiger partial charge in [-0.2, -0.15) is 0 Å². The first-order valence-corrected chi connectivity index (χ1v) is 14.1. The number of likely N-dealkylation sites (tertiary alicyclic amines) is 1. The van der Waals surface area contributed by atoms with Gasteiger partial charge in [0.15, 0.2) is 12.2 Å². The molecule has 1 unspecified atom stereocenters. The summed E-state index contributed by atoms with van der Waals surface area (Å²) in [6.45, 7) is 7.60. The van der Waals surface area contributed by atoms with E-state index in [0.29, 0.717) is 24.5 Å². The molecule has 41 heavy (non-hydrogen) atoms. The summed E-state index contributed by atoms with van der Waals surface area (Å²) >= 11 is 0. The van der Waals surface area contributed by atoms with Crippen LogP contribution in [0.4, 0.5) is 5.69 Å². The van der Waals surface area contributed by atoms with Gasteiger partial charge in [0, 0.05) is 64.6 Å². The van der Waals surface area contributed by atoms with Gasteiger partial charge in [-0.1, -0.05) is 6.07 Å². The van der Waals surface area contributed by atoms with E-state index in [-0.39, 0.29) is 24.4 Å². The lowest BCUT2D eigenvalue weighted by Gasteiger charge is -2.32. The summed E-state index contributed by atoms with van der Waals surface area (Å²) in [5, 5.41) is 17.0. The molecular weight excluding hydrogens is 524 g/mol. The van der Waals surface area contributed by atoms with E-state index < -0.39 is 6.10 Å². The van der Waals surface area contributed by atoms with E-state index in [2.05, 4.69) is 38.5 Å². The van der Waals surface area contributed by atoms with Crippen LogP contribution in [0.5, 0.6) is 5.75 Å². The fraction of sp³-hybridized carbons (Fsp3) is 0.467. The largest absolute Gasteiger partial charge is 0.485 e.